The Hall–Kier alpha value is -3.59. The van der Waals surface area contributed by atoms with E-state index in [0.29, 0.717) is 35.3 Å². The quantitative estimate of drug-likeness (QED) is 0.370. The minimum atomic E-state index is -0.477. The van der Waals surface area contributed by atoms with E-state index < -0.39 is 12.1 Å². The largest absolute Gasteiger partial charge is 0.352 e. The van der Waals surface area contributed by atoms with Gasteiger partial charge in [0.2, 0.25) is 5.95 Å². The van der Waals surface area contributed by atoms with Crippen LogP contribution in [-0.2, 0) is 17.4 Å². The molecule has 188 valence electrons. The lowest BCUT2D eigenvalue weighted by atomic mass is 9.85. The minimum absolute atomic E-state index is 0.0709. The zero-order valence-corrected chi connectivity index (χ0v) is 20.9. The number of hydrogen-bond acceptors (Lipinski definition) is 7. The van der Waals surface area contributed by atoms with Crippen LogP contribution in [-0.4, -0.2) is 40.6 Å². The molecule has 2 aliphatic rings. The van der Waals surface area contributed by atoms with Gasteiger partial charge in [0.15, 0.2) is 0 Å². The van der Waals surface area contributed by atoms with Crippen LogP contribution in [0.25, 0.3) is 0 Å². The predicted molar refractivity (Wildman–Crippen MR) is 139 cm³/mol. The van der Waals surface area contributed by atoms with Gasteiger partial charge in [-0.3, -0.25) is 14.2 Å². The number of amides is 1. The van der Waals surface area contributed by atoms with Crippen LogP contribution in [0, 0.1) is 0 Å². The highest BCUT2D eigenvalue weighted by atomic mass is 19.1. The monoisotopic (exact) mass is 489 g/mol. The van der Waals surface area contributed by atoms with Crippen LogP contribution in [0.2, 0.25) is 0 Å². The minimum Gasteiger partial charge on any atom is -0.352 e. The summed E-state index contributed by atoms with van der Waals surface area (Å²) in [5.74, 6) is 0.464. The van der Waals surface area contributed by atoms with Gasteiger partial charge < -0.3 is 21.3 Å². The molecule has 1 saturated carbocycles. The zero-order chi connectivity index (χ0) is 25.3. The van der Waals surface area contributed by atoms with Gasteiger partial charge in [-0.15, -0.1) is 0 Å². The molecule has 2 aromatic heterocycles. The average molecular weight is 490 g/mol. The summed E-state index contributed by atoms with van der Waals surface area (Å²) in [4.78, 5) is 26.1. The van der Waals surface area contributed by atoms with Gasteiger partial charge in [0.1, 0.15) is 18.1 Å². The van der Waals surface area contributed by atoms with Crippen molar-refractivity contribution in [2.45, 2.75) is 51.0 Å². The Kier molecular flexibility index (Phi) is 6.34. The van der Waals surface area contributed by atoms with E-state index in [1.54, 1.807) is 12.3 Å². The molecular formula is C27H32FN7O. The van der Waals surface area contributed by atoms with Gasteiger partial charge in [0.05, 0.1) is 5.69 Å². The molecule has 0 saturated heterocycles. The van der Waals surface area contributed by atoms with Crippen molar-refractivity contribution in [1.29, 1.82) is 0 Å². The normalized spacial score (nSPS) is 17.1. The van der Waals surface area contributed by atoms with Crippen molar-refractivity contribution in [3.05, 3.63) is 65.1 Å². The van der Waals surface area contributed by atoms with Crippen molar-refractivity contribution in [2.75, 3.05) is 30.4 Å². The number of alkyl halides is 1. The van der Waals surface area contributed by atoms with E-state index in [4.69, 9.17) is 0 Å². The Labute approximate surface area is 210 Å². The molecule has 1 fully saturated rings. The summed E-state index contributed by atoms with van der Waals surface area (Å²) in [6.45, 7) is 7.20. The van der Waals surface area contributed by atoms with Gasteiger partial charge in [-0.25, -0.2) is 4.98 Å². The second-order valence-corrected chi connectivity index (χ2v) is 10.1. The number of benzene rings is 1. The van der Waals surface area contributed by atoms with E-state index in [1.165, 1.54) is 17.3 Å². The lowest BCUT2D eigenvalue weighted by Crippen LogP contribution is -2.42. The van der Waals surface area contributed by atoms with Crippen LogP contribution in [0.15, 0.2) is 42.7 Å². The molecule has 36 heavy (non-hydrogen) atoms. The molecule has 3 aromatic rings. The van der Waals surface area contributed by atoms with Crippen LogP contribution >= 0.6 is 0 Å². The molecule has 3 heterocycles. The smallest absolute Gasteiger partial charge is 0.256 e. The number of pyridine rings is 1. The highest BCUT2D eigenvalue weighted by Crippen LogP contribution is 2.48. The first kappa shape index (κ1) is 24.1. The fourth-order valence-electron chi connectivity index (χ4n) is 4.73. The van der Waals surface area contributed by atoms with Gasteiger partial charge in [-0.05, 0) is 82.0 Å². The summed E-state index contributed by atoms with van der Waals surface area (Å²) in [7, 11) is 0. The Balaban J connectivity index is 1.44. The van der Waals surface area contributed by atoms with Crippen LogP contribution in [0.4, 0.5) is 27.5 Å². The van der Waals surface area contributed by atoms with Crippen LogP contribution in [0.5, 0.6) is 0 Å². The van der Waals surface area contributed by atoms with Crippen LogP contribution in [0.1, 0.15) is 60.8 Å². The molecule has 8 nitrogen and oxygen atoms in total. The lowest BCUT2D eigenvalue weighted by Gasteiger charge is -2.34. The summed E-state index contributed by atoms with van der Waals surface area (Å²) in [6, 6.07) is 9.90. The zero-order valence-electron chi connectivity index (χ0n) is 20.9. The maximum Gasteiger partial charge on any atom is 0.256 e. The summed E-state index contributed by atoms with van der Waals surface area (Å²) < 4.78 is 13.6. The summed E-state index contributed by atoms with van der Waals surface area (Å²) in [5, 5.41) is 12.9. The molecule has 1 amide bonds. The summed E-state index contributed by atoms with van der Waals surface area (Å²) in [5.41, 5.74) is 4.63. The molecule has 5 rings (SSSR count). The number of fused-ring (bicyclic) bond motifs is 1. The van der Waals surface area contributed by atoms with E-state index in [-0.39, 0.29) is 11.4 Å². The Bertz CT molecular complexity index is 1290. The number of halogens is 1. The average Bonchev–Trinajstić information content (AvgIpc) is 3.66. The van der Waals surface area contributed by atoms with Crippen molar-refractivity contribution in [3.63, 3.8) is 0 Å². The number of nitrogens with zero attached hydrogens (tertiary/aromatic N) is 3. The van der Waals surface area contributed by atoms with Crippen LogP contribution < -0.4 is 21.3 Å². The highest BCUT2D eigenvalue weighted by Gasteiger charge is 2.46. The molecule has 0 unspecified atom stereocenters. The van der Waals surface area contributed by atoms with E-state index in [2.05, 4.69) is 62.2 Å². The van der Waals surface area contributed by atoms with E-state index in [9.17, 15) is 9.18 Å². The van der Waals surface area contributed by atoms with Crippen molar-refractivity contribution >= 4 is 29.0 Å². The molecule has 0 radical (unpaired) electrons. The number of nitrogens with one attached hydrogen (secondary N) is 4. The molecular weight excluding hydrogens is 457 g/mol. The highest BCUT2D eigenvalue weighted by molar-refractivity contribution is 5.99. The van der Waals surface area contributed by atoms with Crippen molar-refractivity contribution in [1.82, 2.24) is 25.6 Å². The molecule has 1 aromatic carbocycles. The number of carbonyl (C=O) groups is 1. The van der Waals surface area contributed by atoms with Gasteiger partial charge >= 0.3 is 0 Å². The molecule has 0 atom stereocenters. The number of rotatable bonds is 8. The molecule has 9 heteroatoms. The fraction of sp³-hybridized carbons (Fsp3) is 0.407. The second-order valence-electron chi connectivity index (χ2n) is 10.1. The molecule has 1 aliphatic heterocycles. The SMILES string of the molecule is CCNC(=O)c1cnc(Nc2ccc3c(c2)CCNC3(C)C)nc1Nc1ccnc(C2(CF)CC2)c1. The second kappa shape index (κ2) is 9.46. The Morgan fingerprint density at radius 1 is 1.11 bits per heavy atom. The third-order valence-corrected chi connectivity index (χ3v) is 7.04. The Morgan fingerprint density at radius 2 is 1.92 bits per heavy atom. The van der Waals surface area contributed by atoms with Crippen molar-refractivity contribution in [3.8, 4) is 0 Å². The van der Waals surface area contributed by atoms with Gasteiger partial charge in [-0.2, -0.15) is 4.98 Å². The molecule has 0 spiro atoms. The third-order valence-electron chi connectivity index (χ3n) is 7.04. The van der Waals surface area contributed by atoms with Gasteiger partial charge in [0.25, 0.3) is 5.91 Å². The summed E-state index contributed by atoms with van der Waals surface area (Å²) in [6.07, 6.45) is 5.70. The number of carbonyl (C=O) groups excluding carboxylic acids is 1. The Morgan fingerprint density at radius 3 is 2.67 bits per heavy atom. The maximum absolute atomic E-state index is 13.6. The lowest BCUT2D eigenvalue weighted by molar-refractivity contribution is 0.0956. The fourth-order valence-corrected chi connectivity index (χ4v) is 4.73. The topological polar surface area (TPSA) is 104 Å². The van der Waals surface area contributed by atoms with E-state index in [0.717, 1.165) is 31.5 Å². The van der Waals surface area contributed by atoms with Crippen LogP contribution in [0.3, 0.4) is 0 Å². The van der Waals surface area contributed by atoms with Gasteiger partial charge in [0, 0.05) is 41.3 Å². The first-order chi connectivity index (χ1) is 17.3. The number of hydrogen-bond donors (Lipinski definition) is 4. The third kappa shape index (κ3) is 4.75. The molecule has 0 bridgehead atoms. The molecule has 4 N–H and O–H groups in total. The number of aromatic nitrogens is 3. The summed E-state index contributed by atoms with van der Waals surface area (Å²) >= 11 is 0. The van der Waals surface area contributed by atoms with Crippen molar-refractivity contribution < 1.29 is 9.18 Å². The van der Waals surface area contributed by atoms with Gasteiger partial charge in [-0.1, -0.05) is 6.07 Å². The van der Waals surface area contributed by atoms with Crippen molar-refractivity contribution in [2.24, 2.45) is 0 Å². The molecule has 1 aliphatic carbocycles. The first-order valence-corrected chi connectivity index (χ1v) is 12.4. The first-order valence-electron chi connectivity index (χ1n) is 12.4. The standard InChI is InChI=1S/C27H32FN7O/c1-4-29-24(36)20-15-31-25(34-18-5-6-21-17(13-18)7-12-32-26(21,2)3)35-23(20)33-19-8-11-30-22(14-19)27(16-28)9-10-27/h5-6,8,11,13-15,32H,4,7,9-10,12,16H2,1-3H3,(H,29,36)(H2,30,31,33,34,35). The maximum atomic E-state index is 13.6. The number of anilines is 4. The predicted octanol–water partition coefficient (Wildman–Crippen LogP) is 4.49. The van der Waals surface area contributed by atoms with E-state index >= 15 is 0 Å². The van der Waals surface area contributed by atoms with E-state index in [1.807, 2.05) is 19.1 Å².